The monoisotopic (exact) mass is 488 g/mol. The fourth-order valence-electron chi connectivity index (χ4n) is 4.40. The first kappa shape index (κ1) is 24.1. The van der Waals surface area contributed by atoms with Gasteiger partial charge in [-0.3, -0.25) is 9.59 Å². The van der Waals surface area contributed by atoms with Crippen LogP contribution < -0.4 is 10.1 Å². The van der Waals surface area contributed by atoms with Gasteiger partial charge in [-0.05, 0) is 54.3 Å². The molecule has 0 saturated carbocycles. The van der Waals surface area contributed by atoms with Gasteiger partial charge in [-0.2, -0.15) is 0 Å². The molecule has 4 aromatic carbocycles. The number of ketones is 1. The highest BCUT2D eigenvalue weighted by atomic mass is 16.5. The smallest absolute Gasteiger partial charge is 0.296 e. The molecule has 0 fully saturated rings. The predicted molar refractivity (Wildman–Crippen MR) is 147 cm³/mol. The Kier molecular flexibility index (Phi) is 7.42. The van der Waals surface area contributed by atoms with Crippen LogP contribution in [0.5, 0.6) is 5.75 Å². The van der Waals surface area contributed by atoms with Gasteiger partial charge in [0.05, 0.1) is 12.2 Å². The Morgan fingerprint density at radius 3 is 2.14 bits per heavy atom. The standard InChI is InChI=1S/C32H28N2O3/c35-31(32(36)33-26-12-5-2-6-13-26)29-23-34(30-15-8-7-14-28(29)30)20-9-21-37-27-18-16-25(17-19-27)22-24-10-3-1-4-11-24/h1-8,10-19,23H,9,20-22H2,(H,33,36). The van der Waals surface area contributed by atoms with Crippen molar-refractivity contribution in [1.82, 2.24) is 4.57 Å². The highest BCUT2D eigenvalue weighted by Gasteiger charge is 2.21. The van der Waals surface area contributed by atoms with Crippen LogP contribution in [0.3, 0.4) is 0 Å². The van der Waals surface area contributed by atoms with E-state index < -0.39 is 11.7 Å². The molecule has 0 aliphatic rings. The fourth-order valence-corrected chi connectivity index (χ4v) is 4.40. The Balaban J connectivity index is 1.19. The van der Waals surface area contributed by atoms with E-state index in [1.54, 1.807) is 18.3 Å². The first-order valence-corrected chi connectivity index (χ1v) is 12.4. The van der Waals surface area contributed by atoms with E-state index in [-0.39, 0.29) is 0 Å². The highest BCUT2D eigenvalue weighted by molar-refractivity contribution is 6.48. The van der Waals surface area contributed by atoms with Crippen LogP contribution in [0.2, 0.25) is 0 Å². The summed E-state index contributed by atoms with van der Waals surface area (Å²) in [6.07, 6.45) is 3.43. The SMILES string of the molecule is O=C(Nc1ccccc1)C(=O)c1cn(CCCOc2ccc(Cc3ccccc3)cc2)c2ccccc12. The summed E-state index contributed by atoms with van der Waals surface area (Å²) < 4.78 is 7.98. The molecule has 0 aliphatic heterocycles. The number of aryl methyl sites for hydroxylation is 1. The number of nitrogens with zero attached hydrogens (tertiary/aromatic N) is 1. The number of aromatic nitrogens is 1. The number of benzene rings is 4. The number of rotatable bonds is 10. The molecule has 184 valence electrons. The number of carbonyl (C=O) groups excluding carboxylic acids is 2. The van der Waals surface area contributed by atoms with Crippen molar-refractivity contribution in [1.29, 1.82) is 0 Å². The number of para-hydroxylation sites is 2. The molecule has 5 heteroatoms. The molecule has 1 N–H and O–H groups in total. The maximum atomic E-state index is 13.0. The third-order valence-electron chi connectivity index (χ3n) is 6.26. The second-order valence-electron chi connectivity index (χ2n) is 8.91. The van der Waals surface area contributed by atoms with E-state index >= 15 is 0 Å². The molecular formula is C32H28N2O3. The molecule has 0 saturated heterocycles. The van der Waals surface area contributed by atoms with Crippen molar-refractivity contribution in [3.05, 3.63) is 132 Å². The third-order valence-corrected chi connectivity index (χ3v) is 6.26. The largest absolute Gasteiger partial charge is 0.494 e. The average Bonchev–Trinajstić information content (AvgIpc) is 3.31. The first-order valence-electron chi connectivity index (χ1n) is 12.4. The van der Waals surface area contributed by atoms with Crippen LogP contribution >= 0.6 is 0 Å². The van der Waals surface area contributed by atoms with Gasteiger partial charge < -0.3 is 14.6 Å². The molecule has 5 rings (SSSR count). The van der Waals surface area contributed by atoms with Crippen LogP contribution in [-0.2, 0) is 17.8 Å². The minimum absolute atomic E-state index is 0.402. The van der Waals surface area contributed by atoms with Crippen LogP contribution in [0.1, 0.15) is 27.9 Å². The summed E-state index contributed by atoms with van der Waals surface area (Å²) >= 11 is 0. The maximum absolute atomic E-state index is 13.0. The van der Waals surface area contributed by atoms with Gasteiger partial charge in [0.25, 0.3) is 11.7 Å². The average molecular weight is 489 g/mol. The van der Waals surface area contributed by atoms with Gasteiger partial charge >= 0.3 is 0 Å². The molecule has 5 aromatic rings. The van der Waals surface area contributed by atoms with Crippen molar-refractivity contribution in [2.75, 3.05) is 11.9 Å². The third kappa shape index (κ3) is 5.96. The number of ether oxygens (including phenoxy) is 1. The molecule has 37 heavy (non-hydrogen) atoms. The zero-order valence-electron chi connectivity index (χ0n) is 20.5. The molecular weight excluding hydrogens is 460 g/mol. The van der Waals surface area contributed by atoms with Gasteiger partial charge in [-0.15, -0.1) is 0 Å². The van der Waals surface area contributed by atoms with Crippen molar-refractivity contribution in [3.63, 3.8) is 0 Å². The maximum Gasteiger partial charge on any atom is 0.296 e. The molecule has 1 heterocycles. The van der Waals surface area contributed by atoms with Crippen molar-refractivity contribution in [2.45, 2.75) is 19.4 Å². The Labute approximate surface area is 216 Å². The Morgan fingerprint density at radius 1 is 0.730 bits per heavy atom. The fraction of sp³-hybridized carbons (Fsp3) is 0.125. The number of hydrogen-bond donors (Lipinski definition) is 1. The van der Waals surface area contributed by atoms with Gasteiger partial charge in [0.2, 0.25) is 0 Å². The van der Waals surface area contributed by atoms with Crippen LogP contribution in [-0.4, -0.2) is 22.9 Å². The van der Waals surface area contributed by atoms with Crippen molar-refractivity contribution < 1.29 is 14.3 Å². The Morgan fingerprint density at radius 2 is 1.38 bits per heavy atom. The van der Waals surface area contributed by atoms with Gasteiger partial charge in [0.1, 0.15) is 5.75 Å². The predicted octanol–water partition coefficient (Wildman–Crippen LogP) is 6.52. The number of hydrogen-bond acceptors (Lipinski definition) is 3. The van der Waals surface area contributed by atoms with Crippen LogP contribution in [0.4, 0.5) is 5.69 Å². The minimum atomic E-state index is -0.645. The summed E-state index contributed by atoms with van der Waals surface area (Å²) in [5.74, 6) is -0.360. The van der Waals surface area contributed by atoms with E-state index in [0.29, 0.717) is 24.4 Å². The number of carbonyl (C=O) groups is 2. The molecule has 1 aromatic heterocycles. The number of Topliss-reactive ketones (excluding diaryl/α,β-unsaturated/α-hetero) is 1. The van der Waals surface area contributed by atoms with Crippen molar-refractivity contribution >= 4 is 28.3 Å². The highest BCUT2D eigenvalue weighted by Crippen LogP contribution is 2.23. The number of anilines is 1. The quantitative estimate of drug-likeness (QED) is 0.138. The van der Waals surface area contributed by atoms with E-state index in [2.05, 4.69) is 41.7 Å². The van der Waals surface area contributed by atoms with Crippen molar-refractivity contribution in [3.8, 4) is 5.75 Å². The lowest BCUT2D eigenvalue weighted by atomic mass is 10.1. The summed E-state index contributed by atoms with van der Waals surface area (Å²) in [7, 11) is 0. The van der Waals surface area contributed by atoms with Gasteiger partial charge in [-0.25, -0.2) is 0 Å². The summed E-state index contributed by atoms with van der Waals surface area (Å²) in [4.78, 5) is 25.6. The molecule has 5 nitrogen and oxygen atoms in total. The molecule has 0 bridgehead atoms. The number of nitrogens with one attached hydrogen (secondary N) is 1. The topological polar surface area (TPSA) is 60.3 Å². The second kappa shape index (κ2) is 11.4. The van der Waals surface area contributed by atoms with E-state index in [1.807, 2.05) is 65.2 Å². The first-order chi connectivity index (χ1) is 18.2. The second-order valence-corrected chi connectivity index (χ2v) is 8.91. The molecule has 1 amide bonds. The Hall–Kier alpha value is -4.64. The number of fused-ring (bicyclic) bond motifs is 1. The lowest BCUT2D eigenvalue weighted by Gasteiger charge is -2.09. The molecule has 0 unspecified atom stereocenters. The summed E-state index contributed by atoms with van der Waals surface area (Å²) in [6, 6.07) is 35.2. The zero-order chi connectivity index (χ0) is 25.5. The molecule has 0 aliphatic carbocycles. The van der Waals surface area contributed by atoms with E-state index in [1.165, 1.54) is 11.1 Å². The number of amides is 1. The summed E-state index contributed by atoms with van der Waals surface area (Å²) in [5.41, 5.74) is 4.44. The Bertz CT molecular complexity index is 1490. The summed E-state index contributed by atoms with van der Waals surface area (Å²) in [6.45, 7) is 1.21. The molecule has 0 spiro atoms. The lowest BCUT2D eigenvalue weighted by Crippen LogP contribution is -2.22. The van der Waals surface area contributed by atoms with Crippen LogP contribution in [0.25, 0.3) is 10.9 Å². The van der Waals surface area contributed by atoms with Crippen LogP contribution in [0.15, 0.2) is 115 Å². The lowest BCUT2D eigenvalue weighted by molar-refractivity contribution is -0.112. The molecule has 0 atom stereocenters. The van der Waals surface area contributed by atoms with Crippen LogP contribution in [0, 0.1) is 0 Å². The van der Waals surface area contributed by atoms with Gasteiger partial charge in [-0.1, -0.05) is 78.9 Å². The van der Waals surface area contributed by atoms with E-state index in [0.717, 1.165) is 29.5 Å². The normalized spacial score (nSPS) is 10.8. The minimum Gasteiger partial charge on any atom is -0.494 e. The van der Waals surface area contributed by atoms with Gasteiger partial charge in [0.15, 0.2) is 0 Å². The zero-order valence-corrected chi connectivity index (χ0v) is 20.5. The van der Waals surface area contributed by atoms with Gasteiger partial charge in [0, 0.05) is 29.3 Å². The van der Waals surface area contributed by atoms with E-state index in [4.69, 9.17) is 4.74 Å². The van der Waals surface area contributed by atoms with Crippen molar-refractivity contribution in [2.24, 2.45) is 0 Å². The van der Waals surface area contributed by atoms with E-state index in [9.17, 15) is 9.59 Å². The molecule has 0 radical (unpaired) electrons. The summed E-state index contributed by atoms with van der Waals surface area (Å²) in [5, 5.41) is 3.45.